The van der Waals surface area contributed by atoms with Gasteiger partial charge in [-0.05, 0) is 37.6 Å². The second kappa shape index (κ2) is 7.45. The largest absolute Gasteiger partial charge is 0.496 e. The van der Waals surface area contributed by atoms with Crippen molar-refractivity contribution in [1.29, 1.82) is 0 Å². The van der Waals surface area contributed by atoms with Crippen molar-refractivity contribution >= 4 is 5.97 Å². The monoisotopic (exact) mass is 326 g/mol. The van der Waals surface area contributed by atoms with Crippen molar-refractivity contribution in [3.05, 3.63) is 59.4 Å². The molecule has 3 rings (SSSR count). The Morgan fingerprint density at radius 1 is 1.29 bits per heavy atom. The molecule has 1 aromatic heterocycles. The smallest absolute Gasteiger partial charge is 0.317 e. The summed E-state index contributed by atoms with van der Waals surface area (Å²) in [5.41, 5.74) is 3.03. The molecule has 1 aliphatic rings. The maximum absolute atomic E-state index is 11.0. The fraction of sp³-hybridized carbons (Fsp3) is 0.368. The van der Waals surface area contributed by atoms with E-state index in [4.69, 9.17) is 14.8 Å². The third kappa shape index (κ3) is 3.74. The minimum absolute atomic E-state index is 0.0725. The van der Waals surface area contributed by atoms with Crippen molar-refractivity contribution in [2.24, 2.45) is 0 Å². The van der Waals surface area contributed by atoms with E-state index in [2.05, 4.69) is 0 Å². The number of para-hydroxylation sites is 1. The lowest BCUT2D eigenvalue weighted by Gasteiger charge is -2.22. The SMILES string of the molecule is COc1ccccc1Cc1cccc([C@H]2CCCN2CC(=O)O)n1. The van der Waals surface area contributed by atoms with Crippen molar-refractivity contribution in [3.8, 4) is 5.75 Å². The fourth-order valence-corrected chi connectivity index (χ4v) is 3.35. The van der Waals surface area contributed by atoms with Crippen molar-refractivity contribution in [2.75, 3.05) is 20.2 Å². The summed E-state index contributed by atoms with van der Waals surface area (Å²) in [4.78, 5) is 17.8. The molecular weight excluding hydrogens is 304 g/mol. The number of aliphatic carboxylic acids is 1. The highest BCUT2D eigenvalue weighted by molar-refractivity contribution is 5.69. The maximum Gasteiger partial charge on any atom is 0.317 e. The molecule has 24 heavy (non-hydrogen) atoms. The number of aromatic nitrogens is 1. The molecule has 0 radical (unpaired) electrons. The summed E-state index contributed by atoms with van der Waals surface area (Å²) in [6.45, 7) is 0.887. The normalized spacial score (nSPS) is 17.8. The number of rotatable bonds is 6. The number of carboxylic acid groups (broad SMARTS) is 1. The quantitative estimate of drug-likeness (QED) is 0.884. The number of carboxylic acids is 1. The minimum Gasteiger partial charge on any atom is -0.496 e. The van der Waals surface area contributed by atoms with Crippen LogP contribution in [0.3, 0.4) is 0 Å². The van der Waals surface area contributed by atoms with Crippen molar-refractivity contribution in [1.82, 2.24) is 9.88 Å². The predicted molar refractivity (Wildman–Crippen MR) is 91.2 cm³/mol. The molecule has 0 spiro atoms. The van der Waals surface area contributed by atoms with Crippen LogP contribution in [0.2, 0.25) is 0 Å². The van der Waals surface area contributed by atoms with E-state index in [1.165, 1.54) is 0 Å². The number of nitrogens with zero attached hydrogens (tertiary/aromatic N) is 2. The molecule has 126 valence electrons. The summed E-state index contributed by atoms with van der Waals surface area (Å²) in [5, 5.41) is 9.07. The predicted octanol–water partition coefficient (Wildman–Crippen LogP) is 2.90. The zero-order valence-corrected chi connectivity index (χ0v) is 13.8. The summed E-state index contributed by atoms with van der Waals surface area (Å²) in [6, 6.07) is 14.0. The van der Waals surface area contributed by atoms with Gasteiger partial charge in [0.1, 0.15) is 5.75 Å². The Morgan fingerprint density at radius 3 is 2.92 bits per heavy atom. The third-order valence-corrected chi connectivity index (χ3v) is 4.44. The first-order chi connectivity index (χ1) is 11.7. The first-order valence-corrected chi connectivity index (χ1v) is 8.21. The van der Waals surface area contributed by atoms with Crippen LogP contribution in [-0.2, 0) is 11.2 Å². The van der Waals surface area contributed by atoms with Gasteiger partial charge in [0.05, 0.1) is 25.4 Å². The lowest BCUT2D eigenvalue weighted by atomic mass is 10.1. The minimum atomic E-state index is -0.785. The van der Waals surface area contributed by atoms with Crippen LogP contribution in [0.5, 0.6) is 5.75 Å². The number of methoxy groups -OCH3 is 1. The molecule has 0 amide bonds. The molecule has 2 heterocycles. The van der Waals surface area contributed by atoms with Gasteiger partial charge in [-0.3, -0.25) is 14.7 Å². The molecule has 1 atom stereocenters. The Hall–Kier alpha value is -2.40. The molecule has 1 saturated heterocycles. The highest BCUT2D eigenvalue weighted by Gasteiger charge is 2.28. The Kier molecular flexibility index (Phi) is 5.11. The van der Waals surface area contributed by atoms with E-state index in [0.29, 0.717) is 6.42 Å². The fourth-order valence-electron chi connectivity index (χ4n) is 3.35. The number of ether oxygens (including phenoxy) is 1. The van der Waals surface area contributed by atoms with Gasteiger partial charge < -0.3 is 9.84 Å². The van der Waals surface area contributed by atoms with Crippen LogP contribution >= 0.6 is 0 Å². The molecule has 1 N–H and O–H groups in total. The zero-order valence-electron chi connectivity index (χ0n) is 13.8. The van der Waals surface area contributed by atoms with Crippen molar-refractivity contribution < 1.29 is 14.6 Å². The second-order valence-corrected chi connectivity index (χ2v) is 6.06. The summed E-state index contributed by atoms with van der Waals surface area (Å²) in [6.07, 6.45) is 2.66. The molecule has 0 aliphatic carbocycles. The highest BCUT2D eigenvalue weighted by Crippen LogP contribution is 2.31. The van der Waals surface area contributed by atoms with Crippen LogP contribution in [0.4, 0.5) is 0 Å². The molecule has 5 nitrogen and oxygen atoms in total. The van der Waals surface area contributed by atoms with Crippen LogP contribution < -0.4 is 4.74 Å². The van der Waals surface area contributed by atoms with Gasteiger partial charge in [0, 0.05) is 17.7 Å². The summed E-state index contributed by atoms with van der Waals surface area (Å²) >= 11 is 0. The van der Waals surface area contributed by atoms with E-state index >= 15 is 0 Å². The zero-order chi connectivity index (χ0) is 16.9. The first-order valence-electron chi connectivity index (χ1n) is 8.21. The molecule has 0 unspecified atom stereocenters. The van der Waals surface area contributed by atoms with Crippen LogP contribution in [0.1, 0.15) is 35.8 Å². The number of likely N-dealkylation sites (tertiary alicyclic amines) is 1. The van der Waals surface area contributed by atoms with E-state index in [-0.39, 0.29) is 12.6 Å². The molecule has 0 bridgehead atoms. The van der Waals surface area contributed by atoms with Gasteiger partial charge in [-0.2, -0.15) is 0 Å². The van der Waals surface area contributed by atoms with Gasteiger partial charge in [0.2, 0.25) is 0 Å². The Bertz CT molecular complexity index is 717. The van der Waals surface area contributed by atoms with Gasteiger partial charge >= 0.3 is 5.97 Å². The lowest BCUT2D eigenvalue weighted by Crippen LogP contribution is -2.29. The summed E-state index contributed by atoms with van der Waals surface area (Å²) in [7, 11) is 1.67. The van der Waals surface area contributed by atoms with E-state index in [1.807, 2.05) is 47.4 Å². The number of carbonyl (C=O) groups is 1. The molecule has 1 aliphatic heterocycles. The van der Waals surface area contributed by atoms with Gasteiger partial charge in [-0.15, -0.1) is 0 Å². The van der Waals surface area contributed by atoms with E-state index in [9.17, 15) is 4.79 Å². The summed E-state index contributed by atoms with van der Waals surface area (Å²) < 4.78 is 5.41. The van der Waals surface area contributed by atoms with Crippen molar-refractivity contribution in [3.63, 3.8) is 0 Å². The molecule has 1 aromatic carbocycles. The molecule has 2 aromatic rings. The molecule has 0 saturated carbocycles. The van der Waals surface area contributed by atoms with Gasteiger partial charge in [-0.1, -0.05) is 24.3 Å². The number of hydrogen-bond acceptors (Lipinski definition) is 4. The van der Waals surface area contributed by atoms with E-state index in [0.717, 1.165) is 42.1 Å². The summed E-state index contributed by atoms with van der Waals surface area (Å²) in [5.74, 6) is 0.0742. The Labute approximate surface area is 141 Å². The molecule has 1 fully saturated rings. The average Bonchev–Trinajstić information content (AvgIpc) is 3.03. The Balaban J connectivity index is 1.80. The van der Waals surface area contributed by atoms with Gasteiger partial charge in [0.15, 0.2) is 0 Å². The maximum atomic E-state index is 11.0. The van der Waals surface area contributed by atoms with Crippen LogP contribution in [-0.4, -0.2) is 41.2 Å². The topological polar surface area (TPSA) is 62.7 Å². The van der Waals surface area contributed by atoms with Gasteiger partial charge in [-0.25, -0.2) is 0 Å². The molecule has 5 heteroatoms. The third-order valence-electron chi connectivity index (χ3n) is 4.44. The average molecular weight is 326 g/mol. The van der Waals surface area contributed by atoms with E-state index in [1.54, 1.807) is 7.11 Å². The van der Waals surface area contributed by atoms with Gasteiger partial charge in [0.25, 0.3) is 0 Å². The first kappa shape index (κ1) is 16.5. The van der Waals surface area contributed by atoms with E-state index < -0.39 is 5.97 Å². The molecular formula is C19H22N2O3. The highest BCUT2D eigenvalue weighted by atomic mass is 16.5. The number of benzene rings is 1. The van der Waals surface area contributed by atoms with Crippen LogP contribution in [0.25, 0.3) is 0 Å². The number of pyridine rings is 1. The standard InChI is InChI=1S/C19H22N2O3/c1-24-18-10-3-2-6-14(18)12-15-7-4-8-16(20-15)17-9-5-11-21(17)13-19(22)23/h2-4,6-8,10,17H,5,9,11-13H2,1H3,(H,22,23)/t17-/m1/s1. The van der Waals surface area contributed by atoms with Crippen LogP contribution in [0, 0.1) is 0 Å². The lowest BCUT2D eigenvalue weighted by molar-refractivity contribution is -0.138. The van der Waals surface area contributed by atoms with Crippen LogP contribution in [0.15, 0.2) is 42.5 Å². The second-order valence-electron chi connectivity index (χ2n) is 6.06. The Morgan fingerprint density at radius 2 is 2.12 bits per heavy atom. The number of hydrogen-bond donors (Lipinski definition) is 1. The van der Waals surface area contributed by atoms with Crippen molar-refractivity contribution in [2.45, 2.75) is 25.3 Å².